The first kappa shape index (κ1) is 27.5. The van der Waals surface area contributed by atoms with Crippen LogP contribution in [-0.4, -0.2) is 10.8 Å². The van der Waals surface area contributed by atoms with Crippen molar-refractivity contribution in [2.75, 3.05) is 5.73 Å². The molecular weight excluding hydrogens is 476 g/mol. The topological polar surface area (TPSA) is 69.1 Å². The van der Waals surface area contributed by atoms with Gasteiger partial charge in [0.25, 0.3) is 0 Å². The maximum atomic E-state index is 13.7. The standard InChI is InChI=1S/C29H39ClN2O2S/c1-2-3-4-5-6-7-8-9-10-11-12-13-18-23(27(33)22-17-14-15-19-24(22)30)28-26(32-29(31)35-28)25-20-16-21-34-25/h14-17,19-21,23H,2-13,18H2,1H3,(H2,31,32). The van der Waals surface area contributed by atoms with Crippen LogP contribution in [0, 0.1) is 0 Å². The number of hydrogen-bond donors (Lipinski definition) is 1. The van der Waals surface area contributed by atoms with Crippen LogP contribution in [0.3, 0.4) is 0 Å². The molecule has 35 heavy (non-hydrogen) atoms. The van der Waals surface area contributed by atoms with Crippen LogP contribution in [0.2, 0.25) is 5.02 Å². The SMILES string of the molecule is CCCCCCCCCCCCCCC(C(=O)c1ccccc1Cl)c1sc(N)nc1-c1ccco1. The predicted molar refractivity (Wildman–Crippen MR) is 148 cm³/mol. The minimum absolute atomic E-state index is 0.0233. The van der Waals surface area contributed by atoms with E-state index in [0.717, 1.165) is 24.1 Å². The zero-order valence-corrected chi connectivity index (χ0v) is 22.5. The number of carbonyl (C=O) groups excluding carboxylic acids is 1. The molecule has 0 amide bonds. The molecule has 0 saturated carbocycles. The first-order valence-electron chi connectivity index (χ1n) is 13.2. The second kappa shape index (κ2) is 15.1. The Labute approximate surface area is 219 Å². The number of thiazole rings is 1. The molecule has 4 nitrogen and oxygen atoms in total. The molecule has 1 atom stereocenters. The molecule has 2 heterocycles. The lowest BCUT2D eigenvalue weighted by Gasteiger charge is -2.16. The van der Waals surface area contributed by atoms with Crippen molar-refractivity contribution in [1.82, 2.24) is 4.98 Å². The third-order valence-electron chi connectivity index (χ3n) is 6.54. The Morgan fingerprint density at radius 3 is 2.17 bits per heavy atom. The lowest BCUT2D eigenvalue weighted by Crippen LogP contribution is -2.13. The molecule has 6 heteroatoms. The second-order valence-corrected chi connectivity index (χ2v) is 10.8. The summed E-state index contributed by atoms with van der Waals surface area (Å²) in [5, 5.41) is 0.923. The van der Waals surface area contributed by atoms with Gasteiger partial charge in [0.2, 0.25) is 0 Å². The molecule has 2 N–H and O–H groups in total. The van der Waals surface area contributed by atoms with Gasteiger partial charge in [-0.3, -0.25) is 4.79 Å². The molecule has 0 aliphatic rings. The molecule has 1 aromatic carbocycles. The smallest absolute Gasteiger partial charge is 0.180 e. The number of carbonyl (C=O) groups is 1. The molecule has 0 aliphatic heterocycles. The van der Waals surface area contributed by atoms with Crippen LogP contribution in [-0.2, 0) is 0 Å². The van der Waals surface area contributed by atoms with E-state index in [0.29, 0.717) is 27.2 Å². The summed E-state index contributed by atoms with van der Waals surface area (Å²) in [5.41, 5.74) is 7.31. The molecule has 0 aliphatic carbocycles. The Kier molecular flexibility index (Phi) is 11.9. The van der Waals surface area contributed by atoms with Gasteiger partial charge in [-0.1, -0.05) is 108 Å². The van der Waals surface area contributed by atoms with Gasteiger partial charge in [-0.15, -0.1) is 11.3 Å². The van der Waals surface area contributed by atoms with Crippen LogP contribution in [0.4, 0.5) is 5.13 Å². The molecule has 0 saturated heterocycles. The van der Waals surface area contributed by atoms with Gasteiger partial charge in [-0.05, 0) is 30.7 Å². The Morgan fingerprint density at radius 1 is 0.943 bits per heavy atom. The quantitative estimate of drug-likeness (QED) is 0.144. The number of Topliss-reactive ketones (excluding diaryl/α,β-unsaturated/α-hetero) is 1. The van der Waals surface area contributed by atoms with Crippen molar-refractivity contribution in [2.45, 2.75) is 96.3 Å². The molecule has 1 unspecified atom stereocenters. The van der Waals surface area contributed by atoms with Crippen molar-refractivity contribution in [3.8, 4) is 11.5 Å². The molecule has 3 rings (SSSR count). The minimum atomic E-state index is -0.340. The number of rotatable bonds is 17. The number of nitrogens with zero attached hydrogens (tertiary/aromatic N) is 1. The number of nitrogens with two attached hydrogens (primary N) is 1. The summed E-state index contributed by atoms with van der Waals surface area (Å²) in [5.74, 6) is 0.322. The van der Waals surface area contributed by atoms with Gasteiger partial charge >= 0.3 is 0 Å². The van der Waals surface area contributed by atoms with E-state index in [2.05, 4.69) is 11.9 Å². The van der Waals surface area contributed by atoms with E-state index in [4.69, 9.17) is 21.8 Å². The number of halogens is 1. The first-order valence-corrected chi connectivity index (χ1v) is 14.4. The van der Waals surface area contributed by atoms with Crippen molar-refractivity contribution < 1.29 is 9.21 Å². The summed E-state index contributed by atoms with van der Waals surface area (Å²) >= 11 is 7.78. The highest BCUT2D eigenvalue weighted by Gasteiger charge is 2.29. The van der Waals surface area contributed by atoms with E-state index >= 15 is 0 Å². The summed E-state index contributed by atoms with van der Waals surface area (Å²) in [7, 11) is 0. The van der Waals surface area contributed by atoms with Crippen LogP contribution < -0.4 is 5.73 Å². The van der Waals surface area contributed by atoms with Gasteiger partial charge < -0.3 is 10.2 Å². The molecule has 3 aromatic rings. The molecule has 0 radical (unpaired) electrons. The van der Waals surface area contributed by atoms with Crippen molar-refractivity contribution >= 4 is 33.9 Å². The van der Waals surface area contributed by atoms with Crippen LogP contribution >= 0.6 is 22.9 Å². The third kappa shape index (κ3) is 8.50. The number of unbranched alkanes of at least 4 members (excludes halogenated alkanes) is 11. The zero-order valence-electron chi connectivity index (χ0n) is 20.9. The lowest BCUT2D eigenvalue weighted by atomic mass is 9.89. The highest BCUT2D eigenvalue weighted by Crippen LogP contribution is 2.40. The van der Waals surface area contributed by atoms with E-state index in [1.165, 1.54) is 75.5 Å². The summed E-state index contributed by atoms with van der Waals surface area (Å²) in [6, 6.07) is 11.0. The van der Waals surface area contributed by atoms with Crippen LogP contribution in [0.15, 0.2) is 47.1 Å². The van der Waals surface area contributed by atoms with E-state index < -0.39 is 0 Å². The Bertz CT molecular complexity index is 1020. The number of ketones is 1. The van der Waals surface area contributed by atoms with Crippen molar-refractivity contribution in [3.63, 3.8) is 0 Å². The normalized spacial score (nSPS) is 12.2. The maximum absolute atomic E-state index is 13.7. The highest BCUT2D eigenvalue weighted by atomic mass is 35.5. The minimum Gasteiger partial charge on any atom is -0.463 e. The molecule has 0 spiro atoms. The van der Waals surface area contributed by atoms with Crippen LogP contribution in [0.25, 0.3) is 11.5 Å². The highest BCUT2D eigenvalue weighted by molar-refractivity contribution is 7.16. The second-order valence-electron chi connectivity index (χ2n) is 9.32. The first-order chi connectivity index (χ1) is 17.1. The fourth-order valence-corrected chi connectivity index (χ4v) is 5.80. The zero-order chi connectivity index (χ0) is 24.9. The molecule has 190 valence electrons. The van der Waals surface area contributed by atoms with Crippen molar-refractivity contribution in [3.05, 3.63) is 58.1 Å². The van der Waals surface area contributed by atoms with Gasteiger partial charge in [0.15, 0.2) is 16.7 Å². The Morgan fingerprint density at radius 2 is 1.57 bits per heavy atom. The Balaban J connectivity index is 1.56. The summed E-state index contributed by atoms with van der Waals surface area (Å²) in [6.07, 6.45) is 17.8. The van der Waals surface area contributed by atoms with E-state index in [-0.39, 0.29) is 11.7 Å². The number of anilines is 1. The summed E-state index contributed by atoms with van der Waals surface area (Å²) in [4.78, 5) is 19.0. The molecular formula is C29H39ClN2O2S. The van der Waals surface area contributed by atoms with Gasteiger partial charge in [-0.25, -0.2) is 4.98 Å². The monoisotopic (exact) mass is 514 g/mol. The number of nitrogen functional groups attached to an aromatic ring is 1. The molecule has 0 bridgehead atoms. The maximum Gasteiger partial charge on any atom is 0.180 e. The fourth-order valence-electron chi connectivity index (χ4n) is 4.59. The van der Waals surface area contributed by atoms with Gasteiger partial charge in [0.05, 0.1) is 17.2 Å². The average molecular weight is 515 g/mol. The summed E-state index contributed by atoms with van der Waals surface area (Å²) in [6.45, 7) is 2.26. The van der Waals surface area contributed by atoms with Crippen molar-refractivity contribution in [2.24, 2.45) is 0 Å². The molecule has 2 aromatic heterocycles. The van der Waals surface area contributed by atoms with E-state index in [1.54, 1.807) is 18.4 Å². The fraction of sp³-hybridized carbons (Fsp3) is 0.517. The predicted octanol–water partition coefficient (Wildman–Crippen LogP) is 9.70. The molecule has 0 fully saturated rings. The number of aromatic nitrogens is 1. The van der Waals surface area contributed by atoms with Gasteiger partial charge in [0.1, 0.15) is 5.69 Å². The van der Waals surface area contributed by atoms with Crippen LogP contribution in [0.1, 0.15) is 112 Å². The van der Waals surface area contributed by atoms with Crippen molar-refractivity contribution in [1.29, 1.82) is 0 Å². The van der Waals surface area contributed by atoms with Crippen LogP contribution in [0.5, 0.6) is 0 Å². The summed E-state index contributed by atoms with van der Waals surface area (Å²) < 4.78 is 5.60. The Hall–Kier alpha value is -2.11. The third-order valence-corrected chi connectivity index (χ3v) is 7.87. The van der Waals surface area contributed by atoms with Gasteiger partial charge in [-0.2, -0.15) is 0 Å². The number of furan rings is 1. The largest absolute Gasteiger partial charge is 0.463 e. The van der Waals surface area contributed by atoms with E-state index in [1.807, 2.05) is 24.3 Å². The number of benzene rings is 1. The average Bonchev–Trinajstić information content (AvgIpc) is 3.52. The van der Waals surface area contributed by atoms with E-state index in [9.17, 15) is 4.79 Å². The number of hydrogen-bond acceptors (Lipinski definition) is 5. The lowest BCUT2D eigenvalue weighted by molar-refractivity contribution is 0.0955. The van der Waals surface area contributed by atoms with Gasteiger partial charge in [0, 0.05) is 10.4 Å².